The zero-order valence-electron chi connectivity index (χ0n) is 12.9. The summed E-state index contributed by atoms with van der Waals surface area (Å²) in [6, 6.07) is 0. The van der Waals surface area contributed by atoms with E-state index in [1.54, 1.807) is 20.4 Å². The van der Waals surface area contributed by atoms with Gasteiger partial charge in [-0.1, -0.05) is 6.92 Å². The fraction of sp³-hybridized carbons (Fsp3) is 0.667. The molecule has 1 aliphatic rings. The minimum absolute atomic E-state index is 0.0244. The number of carbonyl (C=O) groups excluding carboxylic acids is 2. The molecule has 0 radical (unpaired) electrons. The summed E-state index contributed by atoms with van der Waals surface area (Å²) in [5.41, 5.74) is 0.800. The summed E-state index contributed by atoms with van der Waals surface area (Å²) in [5.74, 6) is 0.150. The third-order valence-electron chi connectivity index (χ3n) is 2.92. The maximum Gasteiger partial charge on any atom is 0.219 e. The van der Waals surface area contributed by atoms with Gasteiger partial charge in [-0.2, -0.15) is 0 Å². The van der Waals surface area contributed by atoms with E-state index in [-0.39, 0.29) is 18.4 Å². The van der Waals surface area contributed by atoms with Gasteiger partial charge < -0.3 is 14.9 Å². The molecule has 0 bridgehead atoms. The minimum Gasteiger partial charge on any atom is -0.396 e. The van der Waals surface area contributed by atoms with Crippen LogP contribution in [-0.2, 0) is 9.59 Å². The number of piperidine rings is 1. The van der Waals surface area contributed by atoms with Crippen molar-refractivity contribution in [3.8, 4) is 0 Å². The van der Waals surface area contributed by atoms with E-state index in [1.807, 2.05) is 4.90 Å². The lowest BCUT2D eigenvalue weighted by Crippen LogP contribution is -2.33. The molecule has 0 aromatic carbocycles. The zero-order valence-corrected chi connectivity index (χ0v) is 12.9. The Kier molecular flexibility index (Phi) is 9.55. The Balaban J connectivity index is 0.000000367. The molecule has 2 amide bonds. The van der Waals surface area contributed by atoms with Crippen LogP contribution in [0.3, 0.4) is 0 Å². The van der Waals surface area contributed by atoms with E-state index in [0.717, 1.165) is 18.7 Å². The molecule has 20 heavy (non-hydrogen) atoms. The van der Waals surface area contributed by atoms with Gasteiger partial charge in [-0.3, -0.25) is 9.59 Å². The lowest BCUT2D eigenvalue weighted by atomic mass is 10.1. The van der Waals surface area contributed by atoms with Gasteiger partial charge in [0.2, 0.25) is 11.8 Å². The van der Waals surface area contributed by atoms with E-state index in [0.29, 0.717) is 6.54 Å². The number of hydrogen-bond acceptors (Lipinski definition) is 3. The first-order valence-electron chi connectivity index (χ1n) is 7.02. The Morgan fingerprint density at radius 3 is 2.05 bits per heavy atom. The predicted octanol–water partition coefficient (Wildman–Crippen LogP) is 1.58. The summed E-state index contributed by atoms with van der Waals surface area (Å²) >= 11 is 0. The quantitative estimate of drug-likeness (QED) is 0.797. The Hall–Kier alpha value is -1.49. The predicted molar refractivity (Wildman–Crippen MR) is 79.7 cm³/mol. The summed E-state index contributed by atoms with van der Waals surface area (Å²) in [4.78, 5) is 24.9. The van der Waals surface area contributed by atoms with Crippen LogP contribution in [0.25, 0.3) is 0 Å². The van der Waals surface area contributed by atoms with Crippen LogP contribution in [0.4, 0.5) is 0 Å². The number of likely N-dealkylation sites (tertiary alicyclic amines) is 1. The fourth-order valence-electron chi connectivity index (χ4n) is 1.90. The van der Waals surface area contributed by atoms with Crippen molar-refractivity contribution in [1.82, 2.24) is 9.80 Å². The molecule has 0 atom stereocenters. The highest BCUT2D eigenvalue weighted by Gasteiger charge is 2.10. The van der Waals surface area contributed by atoms with Gasteiger partial charge >= 0.3 is 0 Å². The first-order valence-corrected chi connectivity index (χ1v) is 7.02. The Morgan fingerprint density at radius 2 is 1.75 bits per heavy atom. The van der Waals surface area contributed by atoms with E-state index < -0.39 is 0 Å². The van der Waals surface area contributed by atoms with Crippen LogP contribution >= 0.6 is 0 Å². The van der Waals surface area contributed by atoms with E-state index in [9.17, 15) is 9.59 Å². The molecular formula is C15H27N2O3-. The van der Waals surface area contributed by atoms with Crippen LogP contribution < -0.4 is 0 Å². The standard InChI is InChI=1S/C8H14NO2.C7H13NO/c1-7(2)6-9(4-5-10)8(3)11;1-7(9)8-5-3-2-4-6-8/h6,10H,1,4-5H2,2-3H3;2-6H2,1H3/q-1;. The zero-order chi connectivity index (χ0) is 15.5. The van der Waals surface area contributed by atoms with Crippen LogP contribution in [-0.4, -0.2) is 53.0 Å². The van der Waals surface area contributed by atoms with Crippen LogP contribution in [0, 0.1) is 6.54 Å². The lowest BCUT2D eigenvalue weighted by Gasteiger charge is -2.26. The second-order valence-corrected chi connectivity index (χ2v) is 4.98. The van der Waals surface area contributed by atoms with Crippen LogP contribution in [0.2, 0.25) is 0 Å². The van der Waals surface area contributed by atoms with Gasteiger partial charge in [0.25, 0.3) is 0 Å². The highest BCUT2D eigenvalue weighted by molar-refractivity contribution is 5.74. The van der Waals surface area contributed by atoms with E-state index >= 15 is 0 Å². The normalized spacial score (nSPS) is 13.9. The molecule has 116 valence electrons. The maximum atomic E-state index is 10.8. The first-order chi connectivity index (χ1) is 9.38. The number of nitrogens with zero attached hydrogens (tertiary/aromatic N) is 2. The number of aliphatic hydroxyl groups excluding tert-OH is 1. The average molecular weight is 283 g/mol. The van der Waals surface area contributed by atoms with Gasteiger partial charge in [-0.25, -0.2) is 12.2 Å². The molecule has 0 unspecified atom stereocenters. The third kappa shape index (κ3) is 8.58. The van der Waals surface area contributed by atoms with E-state index in [4.69, 9.17) is 5.11 Å². The number of amides is 2. The summed E-state index contributed by atoms with van der Waals surface area (Å²) in [5, 5.41) is 8.55. The molecule has 0 spiro atoms. The second-order valence-electron chi connectivity index (χ2n) is 4.98. The van der Waals surface area contributed by atoms with Crippen molar-refractivity contribution in [2.24, 2.45) is 0 Å². The average Bonchev–Trinajstić information content (AvgIpc) is 2.39. The van der Waals surface area contributed by atoms with Crippen molar-refractivity contribution < 1.29 is 14.7 Å². The summed E-state index contributed by atoms with van der Waals surface area (Å²) in [6.45, 7) is 12.4. The van der Waals surface area contributed by atoms with Gasteiger partial charge in [-0.15, -0.1) is 6.54 Å². The molecule has 1 aliphatic heterocycles. The molecule has 0 saturated carbocycles. The number of carbonyl (C=O) groups is 2. The van der Waals surface area contributed by atoms with Crippen LogP contribution in [0.1, 0.15) is 40.0 Å². The molecule has 0 aliphatic carbocycles. The largest absolute Gasteiger partial charge is 0.396 e. The second kappa shape index (κ2) is 10.3. The molecule has 5 heteroatoms. The van der Waals surface area contributed by atoms with E-state index in [1.165, 1.54) is 31.1 Å². The fourth-order valence-corrected chi connectivity index (χ4v) is 1.90. The smallest absolute Gasteiger partial charge is 0.219 e. The molecule has 1 rings (SSSR count). The van der Waals surface area contributed by atoms with Gasteiger partial charge in [0.1, 0.15) is 0 Å². The Labute approximate surface area is 122 Å². The van der Waals surface area contributed by atoms with Crippen LogP contribution in [0.5, 0.6) is 0 Å². The first kappa shape index (κ1) is 18.5. The van der Waals surface area contributed by atoms with Crippen molar-refractivity contribution in [2.45, 2.75) is 40.0 Å². The minimum atomic E-state index is -0.0814. The molecule has 0 aromatic heterocycles. The highest BCUT2D eigenvalue weighted by atomic mass is 16.3. The topological polar surface area (TPSA) is 60.9 Å². The van der Waals surface area contributed by atoms with Crippen LogP contribution in [0.15, 0.2) is 12.2 Å². The number of aliphatic hydroxyl groups is 1. The van der Waals surface area contributed by atoms with Gasteiger partial charge in [0.05, 0.1) is 6.61 Å². The van der Waals surface area contributed by atoms with Crippen molar-refractivity contribution in [3.63, 3.8) is 0 Å². The Morgan fingerprint density at radius 1 is 1.20 bits per heavy atom. The molecule has 1 saturated heterocycles. The number of rotatable bonds is 4. The SMILES string of the molecule is C=C(C)[CH-]N(CCO)C(C)=O.CC(=O)N1CCCCC1. The highest BCUT2D eigenvalue weighted by Crippen LogP contribution is 2.07. The lowest BCUT2D eigenvalue weighted by molar-refractivity contribution is -0.129. The third-order valence-corrected chi connectivity index (χ3v) is 2.92. The van der Waals surface area contributed by atoms with Crippen molar-refractivity contribution >= 4 is 11.8 Å². The Bertz CT molecular complexity index is 323. The van der Waals surface area contributed by atoms with Gasteiger partial charge in [0.15, 0.2) is 0 Å². The molecule has 5 nitrogen and oxygen atoms in total. The maximum absolute atomic E-state index is 10.8. The summed E-state index contributed by atoms with van der Waals surface area (Å²) in [6.07, 6.45) is 3.68. The molecular weight excluding hydrogens is 256 g/mol. The van der Waals surface area contributed by atoms with E-state index in [2.05, 4.69) is 6.58 Å². The summed E-state index contributed by atoms with van der Waals surface area (Å²) < 4.78 is 0. The summed E-state index contributed by atoms with van der Waals surface area (Å²) in [7, 11) is 0. The number of hydrogen-bond donors (Lipinski definition) is 1. The molecule has 0 aromatic rings. The van der Waals surface area contributed by atoms with Crippen molar-refractivity contribution in [1.29, 1.82) is 0 Å². The van der Waals surface area contributed by atoms with Gasteiger partial charge in [-0.05, 0) is 19.3 Å². The van der Waals surface area contributed by atoms with Crippen molar-refractivity contribution in [2.75, 3.05) is 26.2 Å². The van der Waals surface area contributed by atoms with Crippen molar-refractivity contribution in [3.05, 3.63) is 18.7 Å². The molecule has 1 fully saturated rings. The van der Waals surface area contributed by atoms with Gasteiger partial charge in [0, 0.05) is 33.5 Å². The molecule has 1 N–H and O–H groups in total. The molecule has 1 heterocycles. The monoisotopic (exact) mass is 283 g/mol.